The summed E-state index contributed by atoms with van der Waals surface area (Å²) in [5.41, 5.74) is 1.38. The Labute approximate surface area is 66.4 Å². The molecule has 0 radical (unpaired) electrons. The highest BCUT2D eigenvalue weighted by Gasteiger charge is 2.21. The molecule has 1 N–H and O–H groups in total. The van der Waals surface area contributed by atoms with Gasteiger partial charge >= 0.3 is 0 Å². The Morgan fingerprint density at radius 3 is 3.09 bits per heavy atom. The van der Waals surface area contributed by atoms with E-state index in [2.05, 4.69) is 28.1 Å². The van der Waals surface area contributed by atoms with Crippen LogP contribution in [0.4, 0.5) is 0 Å². The summed E-state index contributed by atoms with van der Waals surface area (Å²) in [6, 6.07) is 2.12. The molecule has 3 heteroatoms. The number of hydrogen-bond donors (Lipinski definition) is 1. The van der Waals surface area contributed by atoms with Crippen molar-refractivity contribution in [2.75, 3.05) is 13.1 Å². The summed E-state index contributed by atoms with van der Waals surface area (Å²) in [5.74, 6) is 0.706. The molecule has 1 aromatic heterocycles. The monoisotopic (exact) mass is 151 g/mol. The van der Waals surface area contributed by atoms with Crippen LogP contribution in [0.2, 0.25) is 0 Å². The third kappa shape index (κ3) is 1.05. The van der Waals surface area contributed by atoms with Gasteiger partial charge < -0.3 is 5.32 Å². The molecule has 1 aliphatic heterocycles. The van der Waals surface area contributed by atoms with Crippen molar-refractivity contribution in [1.29, 1.82) is 0 Å². The van der Waals surface area contributed by atoms with Crippen LogP contribution in [0, 0.1) is 0 Å². The Morgan fingerprint density at radius 2 is 2.55 bits per heavy atom. The number of hydrogen-bond acceptors (Lipinski definition) is 2. The van der Waals surface area contributed by atoms with Gasteiger partial charge in [0.25, 0.3) is 0 Å². The van der Waals surface area contributed by atoms with E-state index in [1.807, 2.05) is 6.20 Å². The van der Waals surface area contributed by atoms with Crippen molar-refractivity contribution in [2.24, 2.45) is 0 Å². The van der Waals surface area contributed by atoms with E-state index in [0.29, 0.717) is 5.92 Å². The highest BCUT2D eigenvalue weighted by molar-refractivity contribution is 5.12. The van der Waals surface area contributed by atoms with E-state index in [-0.39, 0.29) is 0 Å². The molecule has 0 saturated carbocycles. The number of rotatable bonds is 2. The maximum atomic E-state index is 4.23. The van der Waals surface area contributed by atoms with Crippen LogP contribution in [-0.4, -0.2) is 22.9 Å². The lowest BCUT2D eigenvalue weighted by Gasteiger charge is -2.27. The lowest BCUT2D eigenvalue weighted by atomic mass is 9.99. The Bertz CT molecular complexity index is 237. The van der Waals surface area contributed by atoms with Crippen LogP contribution in [0.3, 0.4) is 0 Å². The van der Waals surface area contributed by atoms with Crippen LogP contribution in [0.25, 0.3) is 0 Å². The summed E-state index contributed by atoms with van der Waals surface area (Å²) < 4.78 is 2.07. The molecular weight excluding hydrogens is 138 g/mol. The van der Waals surface area contributed by atoms with E-state index in [0.717, 1.165) is 19.6 Å². The van der Waals surface area contributed by atoms with Gasteiger partial charge in [-0.25, -0.2) is 0 Å². The van der Waals surface area contributed by atoms with Gasteiger partial charge in [-0.05, 0) is 13.0 Å². The fourth-order valence-electron chi connectivity index (χ4n) is 1.45. The minimum Gasteiger partial charge on any atom is -0.315 e. The maximum Gasteiger partial charge on any atom is 0.0492 e. The lowest BCUT2D eigenvalue weighted by Crippen LogP contribution is -2.40. The molecule has 60 valence electrons. The normalized spacial score (nSPS) is 18.3. The van der Waals surface area contributed by atoms with E-state index in [9.17, 15) is 0 Å². The SMILES string of the molecule is CCn1nccc1C1CNC1. The standard InChI is InChI=1S/C8H13N3/c1-2-11-8(3-4-10-11)7-5-9-6-7/h3-4,7,9H,2,5-6H2,1H3. The van der Waals surface area contributed by atoms with E-state index >= 15 is 0 Å². The first-order valence-electron chi connectivity index (χ1n) is 4.14. The molecule has 1 fully saturated rings. The fourth-order valence-corrected chi connectivity index (χ4v) is 1.45. The predicted molar refractivity (Wildman–Crippen MR) is 43.5 cm³/mol. The molecule has 2 heterocycles. The van der Waals surface area contributed by atoms with Crippen molar-refractivity contribution < 1.29 is 0 Å². The second-order valence-electron chi connectivity index (χ2n) is 2.93. The molecule has 11 heavy (non-hydrogen) atoms. The van der Waals surface area contributed by atoms with E-state index in [1.165, 1.54) is 5.69 Å². The predicted octanol–water partition coefficient (Wildman–Crippen LogP) is 0.590. The topological polar surface area (TPSA) is 29.9 Å². The largest absolute Gasteiger partial charge is 0.315 e. The lowest BCUT2D eigenvalue weighted by molar-refractivity contribution is 0.417. The van der Waals surface area contributed by atoms with Crippen LogP contribution in [-0.2, 0) is 6.54 Å². The van der Waals surface area contributed by atoms with Crippen LogP contribution in [0.15, 0.2) is 12.3 Å². The number of aromatic nitrogens is 2. The zero-order chi connectivity index (χ0) is 7.68. The van der Waals surface area contributed by atoms with Gasteiger partial charge in [-0.15, -0.1) is 0 Å². The molecule has 2 rings (SSSR count). The number of nitrogens with zero attached hydrogens (tertiary/aromatic N) is 2. The van der Waals surface area contributed by atoms with Gasteiger partial charge in [0.2, 0.25) is 0 Å². The minimum absolute atomic E-state index is 0.706. The van der Waals surface area contributed by atoms with E-state index in [1.54, 1.807) is 0 Å². The first-order valence-corrected chi connectivity index (χ1v) is 4.14. The van der Waals surface area contributed by atoms with E-state index < -0.39 is 0 Å². The van der Waals surface area contributed by atoms with Crippen LogP contribution in [0.1, 0.15) is 18.5 Å². The van der Waals surface area contributed by atoms with Crippen LogP contribution < -0.4 is 5.32 Å². The summed E-state index contributed by atoms with van der Waals surface area (Å²) in [4.78, 5) is 0. The van der Waals surface area contributed by atoms with Gasteiger partial charge in [-0.3, -0.25) is 4.68 Å². The van der Waals surface area contributed by atoms with Gasteiger partial charge in [-0.2, -0.15) is 5.10 Å². The fraction of sp³-hybridized carbons (Fsp3) is 0.625. The number of aryl methyl sites for hydroxylation is 1. The molecule has 0 atom stereocenters. The third-order valence-electron chi connectivity index (χ3n) is 2.25. The Hall–Kier alpha value is -0.830. The van der Waals surface area contributed by atoms with Crippen LogP contribution in [0.5, 0.6) is 0 Å². The molecule has 0 amide bonds. The molecule has 0 spiro atoms. The maximum absolute atomic E-state index is 4.23. The highest BCUT2D eigenvalue weighted by Crippen LogP contribution is 2.18. The summed E-state index contributed by atoms with van der Waals surface area (Å²) in [5, 5.41) is 7.49. The average molecular weight is 151 g/mol. The summed E-state index contributed by atoms with van der Waals surface area (Å²) >= 11 is 0. The van der Waals surface area contributed by atoms with Crippen molar-refractivity contribution in [1.82, 2.24) is 15.1 Å². The third-order valence-corrected chi connectivity index (χ3v) is 2.25. The molecule has 1 aromatic rings. The quantitative estimate of drug-likeness (QED) is 0.670. The minimum atomic E-state index is 0.706. The molecule has 0 aliphatic carbocycles. The zero-order valence-corrected chi connectivity index (χ0v) is 6.75. The molecule has 0 bridgehead atoms. The van der Waals surface area contributed by atoms with Gasteiger partial charge in [0.05, 0.1) is 0 Å². The average Bonchev–Trinajstić information content (AvgIpc) is 2.32. The van der Waals surface area contributed by atoms with Gasteiger partial charge in [0.1, 0.15) is 0 Å². The van der Waals surface area contributed by atoms with E-state index in [4.69, 9.17) is 0 Å². The molecular formula is C8H13N3. The molecule has 0 unspecified atom stereocenters. The molecule has 1 aliphatic rings. The summed E-state index contributed by atoms with van der Waals surface area (Å²) in [6.07, 6.45) is 1.89. The van der Waals surface area contributed by atoms with Gasteiger partial charge in [0.15, 0.2) is 0 Å². The van der Waals surface area contributed by atoms with Crippen LogP contribution >= 0.6 is 0 Å². The Kier molecular flexibility index (Phi) is 1.66. The second kappa shape index (κ2) is 2.66. The first-order chi connectivity index (χ1) is 5.42. The molecule has 1 saturated heterocycles. The zero-order valence-electron chi connectivity index (χ0n) is 6.75. The smallest absolute Gasteiger partial charge is 0.0492 e. The first kappa shape index (κ1) is 6.85. The second-order valence-corrected chi connectivity index (χ2v) is 2.93. The van der Waals surface area contributed by atoms with Crippen molar-refractivity contribution in [2.45, 2.75) is 19.4 Å². The van der Waals surface area contributed by atoms with Crippen molar-refractivity contribution in [3.8, 4) is 0 Å². The van der Waals surface area contributed by atoms with Crippen molar-refractivity contribution in [3.63, 3.8) is 0 Å². The summed E-state index contributed by atoms with van der Waals surface area (Å²) in [6.45, 7) is 5.35. The Morgan fingerprint density at radius 1 is 1.73 bits per heavy atom. The van der Waals surface area contributed by atoms with Crippen molar-refractivity contribution >= 4 is 0 Å². The number of nitrogens with one attached hydrogen (secondary N) is 1. The Balaban J connectivity index is 2.20. The van der Waals surface area contributed by atoms with Gasteiger partial charge in [-0.1, -0.05) is 0 Å². The molecule has 0 aromatic carbocycles. The van der Waals surface area contributed by atoms with Crippen molar-refractivity contribution in [3.05, 3.63) is 18.0 Å². The highest BCUT2D eigenvalue weighted by atomic mass is 15.3. The summed E-state index contributed by atoms with van der Waals surface area (Å²) in [7, 11) is 0. The van der Waals surface area contributed by atoms with Gasteiger partial charge in [0, 0.05) is 37.4 Å². The molecule has 3 nitrogen and oxygen atoms in total.